The molecule has 2 N–H and O–H groups in total. The molecular formula is C15H22N4S. The van der Waals surface area contributed by atoms with Crippen molar-refractivity contribution in [1.82, 2.24) is 9.97 Å². The average molecular weight is 290 g/mol. The lowest BCUT2D eigenvalue weighted by Crippen LogP contribution is -2.22. The molecule has 108 valence electrons. The van der Waals surface area contributed by atoms with Crippen LogP contribution in [0.5, 0.6) is 0 Å². The number of nitrogens with two attached hydrogens (primary N) is 1. The first kappa shape index (κ1) is 14.9. The molecule has 0 unspecified atom stereocenters. The molecule has 20 heavy (non-hydrogen) atoms. The van der Waals surface area contributed by atoms with Gasteiger partial charge in [0.1, 0.15) is 0 Å². The Morgan fingerprint density at radius 1 is 1.30 bits per heavy atom. The Labute approximate surface area is 124 Å². The van der Waals surface area contributed by atoms with E-state index < -0.39 is 0 Å². The van der Waals surface area contributed by atoms with Crippen LogP contribution in [0.2, 0.25) is 0 Å². The minimum atomic E-state index is 0.578. The van der Waals surface area contributed by atoms with E-state index >= 15 is 0 Å². The number of aromatic nitrogens is 2. The molecule has 5 heteroatoms. The van der Waals surface area contributed by atoms with E-state index in [1.807, 2.05) is 24.4 Å². The molecule has 2 rings (SSSR count). The summed E-state index contributed by atoms with van der Waals surface area (Å²) in [4.78, 5) is 12.6. The zero-order chi connectivity index (χ0) is 14.4. The Kier molecular flexibility index (Phi) is 5.49. The monoisotopic (exact) mass is 290 g/mol. The molecule has 0 saturated carbocycles. The van der Waals surface area contributed by atoms with E-state index in [9.17, 15) is 0 Å². The second-order valence-corrected chi connectivity index (χ2v) is 5.72. The minimum Gasteiger partial charge on any atom is -0.342 e. The van der Waals surface area contributed by atoms with Gasteiger partial charge in [-0.05, 0) is 25.5 Å². The number of thiazole rings is 1. The SMILES string of the molecule is CCCc1nc(N(CC)Cc2ccccn2)sc1CN. The summed E-state index contributed by atoms with van der Waals surface area (Å²) in [6, 6.07) is 6.01. The quantitative estimate of drug-likeness (QED) is 0.851. The van der Waals surface area contributed by atoms with E-state index in [-0.39, 0.29) is 0 Å². The van der Waals surface area contributed by atoms with Gasteiger partial charge < -0.3 is 10.6 Å². The van der Waals surface area contributed by atoms with E-state index in [4.69, 9.17) is 10.7 Å². The number of rotatable bonds is 7. The summed E-state index contributed by atoms with van der Waals surface area (Å²) in [7, 11) is 0. The van der Waals surface area contributed by atoms with Crippen LogP contribution in [0.4, 0.5) is 5.13 Å². The number of pyridine rings is 1. The van der Waals surface area contributed by atoms with Crippen molar-refractivity contribution >= 4 is 16.5 Å². The van der Waals surface area contributed by atoms with Crippen molar-refractivity contribution in [1.29, 1.82) is 0 Å². The van der Waals surface area contributed by atoms with E-state index in [1.54, 1.807) is 11.3 Å². The van der Waals surface area contributed by atoms with Gasteiger partial charge in [-0.2, -0.15) is 0 Å². The third kappa shape index (κ3) is 3.55. The van der Waals surface area contributed by atoms with Crippen molar-refractivity contribution < 1.29 is 0 Å². The van der Waals surface area contributed by atoms with Crippen LogP contribution in [-0.2, 0) is 19.5 Å². The van der Waals surface area contributed by atoms with Crippen LogP contribution in [0, 0.1) is 0 Å². The molecule has 0 radical (unpaired) electrons. The number of aryl methyl sites for hydroxylation is 1. The van der Waals surface area contributed by atoms with Gasteiger partial charge in [-0.15, -0.1) is 11.3 Å². The number of anilines is 1. The second-order valence-electron chi connectivity index (χ2n) is 4.66. The highest BCUT2D eigenvalue weighted by atomic mass is 32.1. The minimum absolute atomic E-state index is 0.578. The molecule has 2 aromatic heterocycles. The smallest absolute Gasteiger partial charge is 0.186 e. The Balaban J connectivity index is 2.18. The summed E-state index contributed by atoms with van der Waals surface area (Å²) in [5, 5.41) is 1.06. The van der Waals surface area contributed by atoms with Crippen LogP contribution in [0.15, 0.2) is 24.4 Å². The summed E-state index contributed by atoms with van der Waals surface area (Å²) in [6.07, 6.45) is 3.94. The Hall–Kier alpha value is -1.46. The van der Waals surface area contributed by atoms with Crippen LogP contribution in [0.25, 0.3) is 0 Å². The highest BCUT2D eigenvalue weighted by Gasteiger charge is 2.14. The molecule has 0 atom stereocenters. The van der Waals surface area contributed by atoms with Gasteiger partial charge in [0.25, 0.3) is 0 Å². The highest BCUT2D eigenvalue weighted by Crippen LogP contribution is 2.27. The summed E-state index contributed by atoms with van der Waals surface area (Å²) in [5.74, 6) is 0. The molecule has 0 aliphatic heterocycles. The van der Waals surface area contributed by atoms with Crippen molar-refractivity contribution in [2.24, 2.45) is 5.73 Å². The first-order valence-corrected chi connectivity index (χ1v) is 7.93. The van der Waals surface area contributed by atoms with E-state index in [1.165, 1.54) is 4.88 Å². The number of hydrogen-bond donors (Lipinski definition) is 1. The molecule has 0 fully saturated rings. The summed E-state index contributed by atoms with van der Waals surface area (Å²) in [6.45, 7) is 6.60. The van der Waals surface area contributed by atoms with Crippen molar-refractivity contribution in [3.8, 4) is 0 Å². The van der Waals surface area contributed by atoms with Gasteiger partial charge >= 0.3 is 0 Å². The average Bonchev–Trinajstić information content (AvgIpc) is 2.89. The Bertz CT molecular complexity index is 524. The van der Waals surface area contributed by atoms with Crippen LogP contribution in [0.3, 0.4) is 0 Å². The molecule has 0 bridgehead atoms. The molecule has 0 spiro atoms. The standard InChI is InChI=1S/C15H22N4S/c1-3-7-13-14(10-16)20-15(18-13)19(4-2)11-12-8-5-6-9-17-12/h5-6,8-9H,3-4,7,10-11,16H2,1-2H3. The van der Waals surface area contributed by atoms with Gasteiger partial charge in [0, 0.05) is 24.2 Å². The molecule has 0 aliphatic carbocycles. The summed E-state index contributed by atoms with van der Waals surface area (Å²) in [5.41, 5.74) is 8.06. The van der Waals surface area contributed by atoms with Gasteiger partial charge in [0.2, 0.25) is 0 Å². The van der Waals surface area contributed by atoms with Gasteiger partial charge in [-0.3, -0.25) is 4.98 Å². The molecule has 4 nitrogen and oxygen atoms in total. The molecule has 0 aliphatic rings. The third-order valence-electron chi connectivity index (χ3n) is 3.17. The van der Waals surface area contributed by atoms with Gasteiger partial charge in [0.15, 0.2) is 5.13 Å². The van der Waals surface area contributed by atoms with Gasteiger partial charge in [0.05, 0.1) is 17.9 Å². The summed E-state index contributed by atoms with van der Waals surface area (Å²) < 4.78 is 0. The van der Waals surface area contributed by atoms with Crippen molar-refractivity contribution in [2.75, 3.05) is 11.4 Å². The van der Waals surface area contributed by atoms with Crippen LogP contribution in [0.1, 0.15) is 36.5 Å². The largest absolute Gasteiger partial charge is 0.342 e. The maximum absolute atomic E-state index is 5.83. The molecule has 0 amide bonds. The number of hydrogen-bond acceptors (Lipinski definition) is 5. The zero-order valence-corrected chi connectivity index (χ0v) is 13.0. The molecule has 0 saturated heterocycles. The molecule has 2 heterocycles. The first-order valence-electron chi connectivity index (χ1n) is 7.12. The van der Waals surface area contributed by atoms with E-state index in [0.717, 1.165) is 42.5 Å². The number of nitrogens with zero attached hydrogens (tertiary/aromatic N) is 3. The fourth-order valence-corrected chi connectivity index (χ4v) is 3.15. The van der Waals surface area contributed by atoms with E-state index in [2.05, 4.69) is 23.7 Å². The Morgan fingerprint density at radius 2 is 2.15 bits per heavy atom. The van der Waals surface area contributed by atoms with Crippen molar-refractivity contribution in [2.45, 2.75) is 39.8 Å². The molecule has 0 aromatic carbocycles. The molecular weight excluding hydrogens is 268 g/mol. The lowest BCUT2D eigenvalue weighted by Gasteiger charge is -2.19. The topological polar surface area (TPSA) is 55.0 Å². The van der Waals surface area contributed by atoms with Crippen LogP contribution in [-0.4, -0.2) is 16.5 Å². The first-order chi connectivity index (χ1) is 9.78. The van der Waals surface area contributed by atoms with Crippen molar-refractivity contribution in [3.05, 3.63) is 40.7 Å². The third-order valence-corrected chi connectivity index (χ3v) is 4.35. The van der Waals surface area contributed by atoms with Crippen LogP contribution < -0.4 is 10.6 Å². The van der Waals surface area contributed by atoms with Crippen molar-refractivity contribution in [3.63, 3.8) is 0 Å². The maximum Gasteiger partial charge on any atom is 0.186 e. The zero-order valence-electron chi connectivity index (χ0n) is 12.2. The summed E-state index contributed by atoms with van der Waals surface area (Å²) >= 11 is 1.71. The lowest BCUT2D eigenvalue weighted by atomic mass is 10.2. The van der Waals surface area contributed by atoms with Gasteiger partial charge in [-0.25, -0.2) is 4.98 Å². The highest BCUT2D eigenvalue weighted by molar-refractivity contribution is 7.15. The second kappa shape index (κ2) is 7.36. The normalized spacial score (nSPS) is 10.8. The van der Waals surface area contributed by atoms with Crippen LogP contribution >= 0.6 is 11.3 Å². The predicted molar refractivity (Wildman–Crippen MR) is 85.0 cm³/mol. The fourth-order valence-electron chi connectivity index (χ4n) is 2.10. The lowest BCUT2D eigenvalue weighted by molar-refractivity contribution is 0.795. The fraction of sp³-hybridized carbons (Fsp3) is 0.467. The predicted octanol–water partition coefficient (Wildman–Crippen LogP) is 2.98. The van der Waals surface area contributed by atoms with Gasteiger partial charge in [-0.1, -0.05) is 19.4 Å². The van der Waals surface area contributed by atoms with E-state index in [0.29, 0.717) is 6.54 Å². The Morgan fingerprint density at radius 3 is 2.75 bits per heavy atom. The molecule has 2 aromatic rings. The maximum atomic E-state index is 5.83.